The van der Waals surface area contributed by atoms with Gasteiger partial charge >= 0.3 is 0 Å². The van der Waals surface area contributed by atoms with Crippen molar-refractivity contribution in [3.63, 3.8) is 0 Å². The van der Waals surface area contributed by atoms with Crippen molar-refractivity contribution < 1.29 is 0 Å². The van der Waals surface area contributed by atoms with Gasteiger partial charge in [0.1, 0.15) is 0 Å². The highest BCUT2D eigenvalue weighted by atomic mass is 14.7. The average Bonchev–Trinajstić information content (AvgIpc) is 2.54. The van der Waals surface area contributed by atoms with Gasteiger partial charge in [-0.15, -0.1) is 0 Å². The Hall–Kier alpha value is -2.67. The number of hydrogen-bond acceptors (Lipinski definition) is 1. The Bertz CT molecular complexity index is 940. The zero-order chi connectivity index (χ0) is 14.2. The molecule has 0 aliphatic heterocycles. The molecular formula is C20H15N. The number of hydrogen-bond donors (Lipinski definition) is 0. The summed E-state index contributed by atoms with van der Waals surface area (Å²) in [5.41, 5.74) is 4.53. The van der Waals surface area contributed by atoms with Crippen LogP contribution in [0.2, 0.25) is 0 Å². The summed E-state index contributed by atoms with van der Waals surface area (Å²) in [6.07, 6.45) is 0. The van der Waals surface area contributed by atoms with E-state index in [9.17, 15) is 0 Å². The Morgan fingerprint density at radius 1 is 0.667 bits per heavy atom. The van der Waals surface area contributed by atoms with Crippen LogP contribution in [0.5, 0.6) is 0 Å². The molecule has 0 N–H and O–H groups in total. The fourth-order valence-corrected chi connectivity index (χ4v) is 2.88. The molecule has 0 aliphatic carbocycles. The molecular weight excluding hydrogens is 254 g/mol. The van der Waals surface area contributed by atoms with Gasteiger partial charge in [-0.25, -0.2) is 4.98 Å². The van der Waals surface area contributed by atoms with Crippen LogP contribution in [0.1, 0.15) is 5.56 Å². The van der Waals surface area contributed by atoms with E-state index in [-0.39, 0.29) is 0 Å². The molecule has 0 atom stereocenters. The Morgan fingerprint density at radius 2 is 1.38 bits per heavy atom. The maximum Gasteiger partial charge on any atom is 0.0788 e. The molecule has 1 heteroatoms. The predicted molar refractivity (Wildman–Crippen MR) is 89.4 cm³/mol. The lowest BCUT2D eigenvalue weighted by molar-refractivity contribution is 1.40. The minimum absolute atomic E-state index is 1.06. The standard InChI is InChI=1S/C20H15N/c1-14-11-12-17-16-9-5-6-10-18(16)20(21-19(17)13-14)15-7-3-2-4-8-15/h2-13H,1H3. The van der Waals surface area contributed by atoms with Crippen LogP contribution in [0.25, 0.3) is 32.9 Å². The Labute approximate surface area is 123 Å². The fourth-order valence-electron chi connectivity index (χ4n) is 2.88. The lowest BCUT2D eigenvalue weighted by Gasteiger charge is -2.10. The van der Waals surface area contributed by atoms with Crippen LogP contribution in [0.3, 0.4) is 0 Å². The summed E-state index contributed by atoms with van der Waals surface area (Å²) in [5.74, 6) is 0. The smallest absolute Gasteiger partial charge is 0.0788 e. The van der Waals surface area contributed by atoms with E-state index in [0.717, 1.165) is 16.8 Å². The molecule has 0 fully saturated rings. The number of aryl methyl sites for hydroxylation is 1. The lowest BCUT2D eigenvalue weighted by Crippen LogP contribution is -1.90. The van der Waals surface area contributed by atoms with Gasteiger partial charge in [-0.1, -0.05) is 66.7 Å². The second kappa shape index (κ2) is 4.71. The van der Waals surface area contributed by atoms with E-state index in [1.807, 2.05) is 6.07 Å². The Morgan fingerprint density at radius 3 is 2.19 bits per heavy atom. The number of benzene rings is 3. The molecule has 0 saturated carbocycles. The van der Waals surface area contributed by atoms with E-state index in [1.165, 1.54) is 21.7 Å². The van der Waals surface area contributed by atoms with E-state index in [1.54, 1.807) is 0 Å². The van der Waals surface area contributed by atoms with Crippen LogP contribution in [0, 0.1) is 6.92 Å². The average molecular weight is 269 g/mol. The summed E-state index contributed by atoms with van der Waals surface area (Å²) >= 11 is 0. The third-order valence-electron chi connectivity index (χ3n) is 3.91. The van der Waals surface area contributed by atoms with Gasteiger partial charge in [-0.2, -0.15) is 0 Å². The van der Waals surface area contributed by atoms with Crippen LogP contribution in [0.4, 0.5) is 0 Å². The summed E-state index contributed by atoms with van der Waals surface area (Å²) in [4.78, 5) is 4.93. The molecule has 4 rings (SSSR count). The third-order valence-corrected chi connectivity index (χ3v) is 3.91. The van der Waals surface area contributed by atoms with Crippen LogP contribution in [-0.4, -0.2) is 4.98 Å². The largest absolute Gasteiger partial charge is 0.247 e. The first-order valence-corrected chi connectivity index (χ1v) is 7.17. The normalized spacial score (nSPS) is 11.1. The number of rotatable bonds is 1. The SMILES string of the molecule is Cc1ccc2c(c1)nc(-c1ccccc1)c1ccccc12. The summed E-state index contributed by atoms with van der Waals surface area (Å²) in [6.45, 7) is 2.11. The van der Waals surface area contributed by atoms with Gasteiger partial charge in [0, 0.05) is 16.3 Å². The third kappa shape index (κ3) is 1.98. The molecule has 0 aliphatic rings. The summed E-state index contributed by atoms with van der Waals surface area (Å²) in [6, 6.07) is 25.4. The molecule has 0 unspecified atom stereocenters. The first-order chi connectivity index (χ1) is 10.3. The summed E-state index contributed by atoms with van der Waals surface area (Å²) in [7, 11) is 0. The Kier molecular flexibility index (Phi) is 2.71. The quantitative estimate of drug-likeness (QED) is 0.424. The maximum atomic E-state index is 4.93. The molecule has 0 radical (unpaired) electrons. The summed E-state index contributed by atoms with van der Waals surface area (Å²) in [5, 5.41) is 3.69. The zero-order valence-electron chi connectivity index (χ0n) is 11.9. The van der Waals surface area contributed by atoms with E-state index >= 15 is 0 Å². The lowest BCUT2D eigenvalue weighted by atomic mass is 9.99. The van der Waals surface area contributed by atoms with Gasteiger partial charge in [0.05, 0.1) is 11.2 Å². The zero-order valence-corrected chi connectivity index (χ0v) is 11.9. The van der Waals surface area contributed by atoms with Crippen LogP contribution < -0.4 is 0 Å². The van der Waals surface area contributed by atoms with Crippen molar-refractivity contribution in [1.29, 1.82) is 0 Å². The van der Waals surface area contributed by atoms with Crippen molar-refractivity contribution in [1.82, 2.24) is 4.98 Å². The highest BCUT2D eigenvalue weighted by Crippen LogP contribution is 2.32. The molecule has 0 bridgehead atoms. The van der Waals surface area contributed by atoms with E-state index in [2.05, 4.69) is 73.7 Å². The van der Waals surface area contributed by atoms with E-state index in [4.69, 9.17) is 4.98 Å². The summed E-state index contributed by atoms with van der Waals surface area (Å²) < 4.78 is 0. The molecule has 3 aromatic carbocycles. The van der Waals surface area contributed by atoms with Gasteiger partial charge < -0.3 is 0 Å². The Balaban J connectivity index is 2.18. The monoisotopic (exact) mass is 269 g/mol. The van der Waals surface area contributed by atoms with Gasteiger partial charge in [0.15, 0.2) is 0 Å². The second-order valence-electron chi connectivity index (χ2n) is 5.39. The second-order valence-corrected chi connectivity index (χ2v) is 5.39. The first kappa shape index (κ1) is 12.1. The van der Waals surface area contributed by atoms with Crippen molar-refractivity contribution >= 4 is 21.7 Å². The molecule has 0 spiro atoms. The number of fused-ring (bicyclic) bond motifs is 3. The van der Waals surface area contributed by atoms with Gasteiger partial charge in [0.2, 0.25) is 0 Å². The van der Waals surface area contributed by atoms with E-state index < -0.39 is 0 Å². The van der Waals surface area contributed by atoms with Crippen molar-refractivity contribution in [3.05, 3.63) is 78.4 Å². The minimum atomic E-state index is 1.06. The molecule has 1 aromatic heterocycles. The predicted octanol–water partition coefficient (Wildman–Crippen LogP) is 5.36. The molecule has 100 valence electrons. The van der Waals surface area contributed by atoms with Crippen LogP contribution in [-0.2, 0) is 0 Å². The van der Waals surface area contributed by atoms with Crippen LogP contribution in [0.15, 0.2) is 72.8 Å². The highest BCUT2D eigenvalue weighted by molar-refractivity contribution is 6.10. The topological polar surface area (TPSA) is 12.9 Å². The molecule has 4 aromatic rings. The van der Waals surface area contributed by atoms with E-state index in [0.29, 0.717) is 0 Å². The molecule has 1 nitrogen and oxygen atoms in total. The van der Waals surface area contributed by atoms with Gasteiger partial charge in [-0.3, -0.25) is 0 Å². The van der Waals surface area contributed by atoms with Crippen LogP contribution >= 0.6 is 0 Å². The van der Waals surface area contributed by atoms with Gasteiger partial charge in [0.25, 0.3) is 0 Å². The first-order valence-electron chi connectivity index (χ1n) is 7.17. The van der Waals surface area contributed by atoms with Crippen molar-refractivity contribution in [2.75, 3.05) is 0 Å². The number of aromatic nitrogens is 1. The molecule has 0 amide bonds. The van der Waals surface area contributed by atoms with Gasteiger partial charge in [-0.05, 0) is 23.9 Å². The van der Waals surface area contributed by atoms with Crippen molar-refractivity contribution in [2.45, 2.75) is 6.92 Å². The molecule has 21 heavy (non-hydrogen) atoms. The highest BCUT2D eigenvalue weighted by Gasteiger charge is 2.09. The minimum Gasteiger partial charge on any atom is -0.247 e. The maximum absolute atomic E-state index is 4.93. The fraction of sp³-hybridized carbons (Fsp3) is 0.0500. The number of pyridine rings is 1. The molecule has 1 heterocycles. The molecule has 0 saturated heterocycles. The van der Waals surface area contributed by atoms with Crippen molar-refractivity contribution in [2.24, 2.45) is 0 Å². The number of nitrogens with zero attached hydrogens (tertiary/aromatic N) is 1. The van der Waals surface area contributed by atoms with Crippen molar-refractivity contribution in [3.8, 4) is 11.3 Å².